The number of pyridine rings is 1. The van der Waals surface area contributed by atoms with Crippen LogP contribution in [-0.4, -0.2) is 34.1 Å². The van der Waals surface area contributed by atoms with E-state index in [9.17, 15) is 4.39 Å². The molecular formula is C22H21FN6. The topological polar surface area (TPSA) is 77.7 Å². The lowest BCUT2D eigenvalue weighted by Crippen LogP contribution is -2.42. The standard InChI is InChI=1S/C22H21FN6/c1-15-10-21(28-22(26-15)17-4-2-8-25-13-17)27-18-5-3-9-29(14-18)20-7-6-16(12-24)11-19(20)23/h2,4,6-8,10-11,13,18H,3,5,9,14H2,1H3,(H,26,27,28). The molecule has 1 aliphatic heterocycles. The molecule has 0 bridgehead atoms. The smallest absolute Gasteiger partial charge is 0.163 e. The maximum atomic E-state index is 14.4. The van der Waals surface area contributed by atoms with Gasteiger partial charge in [0.15, 0.2) is 5.82 Å². The molecule has 0 aliphatic carbocycles. The zero-order valence-corrected chi connectivity index (χ0v) is 16.1. The summed E-state index contributed by atoms with van der Waals surface area (Å²) in [6.45, 7) is 3.38. The highest BCUT2D eigenvalue weighted by Crippen LogP contribution is 2.26. The van der Waals surface area contributed by atoms with Crippen LogP contribution in [0.5, 0.6) is 0 Å². The number of benzene rings is 1. The zero-order valence-electron chi connectivity index (χ0n) is 16.1. The second-order valence-electron chi connectivity index (χ2n) is 7.17. The van der Waals surface area contributed by atoms with Crippen molar-refractivity contribution >= 4 is 11.5 Å². The Morgan fingerprint density at radius 1 is 1.24 bits per heavy atom. The van der Waals surface area contributed by atoms with Crippen LogP contribution in [0, 0.1) is 24.1 Å². The molecule has 1 atom stereocenters. The quantitative estimate of drug-likeness (QED) is 0.729. The van der Waals surface area contributed by atoms with E-state index < -0.39 is 0 Å². The number of aryl methyl sites for hydroxylation is 1. The van der Waals surface area contributed by atoms with Gasteiger partial charge in [0.1, 0.15) is 11.6 Å². The van der Waals surface area contributed by atoms with Gasteiger partial charge in [-0.3, -0.25) is 4.98 Å². The first-order chi connectivity index (χ1) is 14.1. The van der Waals surface area contributed by atoms with Crippen molar-refractivity contribution in [2.45, 2.75) is 25.8 Å². The summed E-state index contributed by atoms with van der Waals surface area (Å²) in [6, 6.07) is 12.5. The monoisotopic (exact) mass is 388 g/mol. The third kappa shape index (κ3) is 4.32. The van der Waals surface area contributed by atoms with E-state index in [1.165, 1.54) is 6.07 Å². The van der Waals surface area contributed by atoms with Crippen LogP contribution in [0.15, 0.2) is 48.8 Å². The third-order valence-electron chi connectivity index (χ3n) is 4.96. The van der Waals surface area contributed by atoms with Crippen LogP contribution in [0.1, 0.15) is 24.1 Å². The fourth-order valence-electron chi connectivity index (χ4n) is 3.62. The molecule has 0 spiro atoms. The Hall–Kier alpha value is -3.53. The fraction of sp³-hybridized carbons (Fsp3) is 0.273. The summed E-state index contributed by atoms with van der Waals surface area (Å²) in [5.74, 6) is 1.02. The van der Waals surface area contributed by atoms with Crippen LogP contribution >= 0.6 is 0 Å². The van der Waals surface area contributed by atoms with Gasteiger partial charge in [-0.2, -0.15) is 5.26 Å². The van der Waals surface area contributed by atoms with E-state index in [1.807, 2.05) is 36.1 Å². The minimum absolute atomic E-state index is 0.134. The van der Waals surface area contributed by atoms with E-state index >= 15 is 0 Å². The number of hydrogen-bond donors (Lipinski definition) is 1. The van der Waals surface area contributed by atoms with Crippen LogP contribution in [0.3, 0.4) is 0 Å². The minimum Gasteiger partial charge on any atom is -0.367 e. The summed E-state index contributed by atoms with van der Waals surface area (Å²) in [7, 11) is 0. The number of aromatic nitrogens is 3. The molecule has 146 valence electrons. The molecule has 2 aromatic heterocycles. The van der Waals surface area contributed by atoms with E-state index in [-0.39, 0.29) is 11.9 Å². The summed E-state index contributed by atoms with van der Waals surface area (Å²) in [5, 5.41) is 12.4. The van der Waals surface area contributed by atoms with Crippen molar-refractivity contribution in [1.29, 1.82) is 5.26 Å². The molecule has 29 heavy (non-hydrogen) atoms. The molecule has 6 nitrogen and oxygen atoms in total. The zero-order chi connectivity index (χ0) is 20.2. The van der Waals surface area contributed by atoms with E-state index in [0.29, 0.717) is 23.6 Å². The minimum atomic E-state index is -0.360. The average molecular weight is 388 g/mol. The molecule has 3 heterocycles. The Bertz CT molecular complexity index is 1050. The molecule has 1 N–H and O–H groups in total. The van der Waals surface area contributed by atoms with Crippen molar-refractivity contribution in [2.24, 2.45) is 0 Å². The van der Waals surface area contributed by atoms with Crippen LogP contribution in [0.25, 0.3) is 11.4 Å². The Balaban J connectivity index is 1.52. The van der Waals surface area contributed by atoms with Crippen molar-refractivity contribution in [3.05, 3.63) is 65.9 Å². The lowest BCUT2D eigenvalue weighted by Gasteiger charge is -2.35. The summed E-state index contributed by atoms with van der Waals surface area (Å²) < 4.78 is 14.4. The van der Waals surface area contributed by atoms with Gasteiger partial charge in [-0.1, -0.05) is 0 Å². The number of nitrogens with one attached hydrogen (secondary N) is 1. The number of nitrogens with zero attached hydrogens (tertiary/aromatic N) is 5. The number of rotatable bonds is 4. The van der Waals surface area contributed by atoms with Gasteiger partial charge in [-0.05, 0) is 50.1 Å². The van der Waals surface area contributed by atoms with Gasteiger partial charge in [0.2, 0.25) is 0 Å². The van der Waals surface area contributed by atoms with Crippen molar-refractivity contribution in [1.82, 2.24) is 15.0 Å². The maximum absolute atomic E-state index is 14.4. The molecule has 0 amide bonds. The summed E-state index contributed by atoms with van der Waals surface area (Å²) in [6.07, 6.45) is 5.38. The molecule has 7 heteroatoms. The largest absolute Gasteiger partial charge is 0.367 e. The lowest BCUT2D eigenvalue weighted by atomic mass is 10.0. The van der Waals surface area contributed by atoms with Gasteiger partial charge in [0.05, 0.1) is 17.3 Å². The van der Waals surface area contributed by atoms with Crippen LogP contribution in [-0.2, 0) is 0 Å². The van der Waals surface area contributed by atoms with E-state index in [1.54, 1.807) is 24.5 Å². The highest BCUT2D eigenvalue weighted by molar-refractivity contribution is 5.57. The van der Waals surface area contributed by atoms with Crippen LogP contribution in [0.2, 0.25) is 0 Å². The third-order valence-corrected chi connectivity index (χ3v) is 4.96. The number of halogens is 1. The van der Waals surface area contributed by atoms with E-state index in [0.717, 1.165) is 36.5 Å². The summed E-state index contributed by atoms with van der Waals surface area (Å²) >= 11 is 0. The van der Waals surface area contributed by atoms with E-state index in [2.05, 4.69) is 20.3 Å². The summed E-state index contributed by atoms with van der Waals surface area (Å²) in [5.41, 5.74) is 2.60. The first kappa shape index (κ1) is 18.8. The van der Waals surface area contributed by atoms with E-state index in [4.69, 9.17) is 5.26 Å². The summed E-state index contributed by atoms with van der Waals surface area (Å²) in [4.78, 5) is 15.3. The highest BCUT2D eigenvalue weighted by atomic mass is 19.1. The lowest BCUT2D eigenvalue weighted by molar-refractivity contribution is 0.518. The molecule has 3 aromatic rings. The number of piperidine rings is 1. The first-order valence-electron chi connectivity index (χ1n) is 9.59. The molecule has 0 radical (unpaired) electrons. The molecule has 1 aliphatic rings. The van der Waals surface area contributed by atoms with Crippen molar-refractivity contribution < 1.29 is 4.39 Å². The number of hydrogen-bond acceptors (Lipinski definition) is 6. The molecule has 1 fully saturated rings. The van der Waals surface area contributed by atoms with Gasteiger partial charge in [-0.15, -0.1) is 0 Å². The molecule has 4 rings (SSSR count). The van der Waals surface area contributed by atoms with Crippen molar-refractivity contribution in [3.63, 3.8) is 0 Å². The van der Waals surface area contributed by atoms with Crippen LogP contribution in [0.4, 0.5) is 15.9 Å². The van der Waals surface area contributed by atoms with Crippen molar-refractivity contribution in [3.8, 4) is 17.5 Å². The number of nitriles is 1. The Morgan fingerprint density at radius 2 is 2.14 bits per heavy atom. The van der Waals surface area contributed by atoms with Crippen LogP contribution < -0.4 is 10.2 Å². The van der Waals surface area contributed by atoms with Gasteiger partial charge < -0.3 is 10.2 Å². The Kier molecular flexibility index (Phi) is 5.34. The second kappa shape index (κ2) is 8.23. The molecule has 0 saturated carbocycles. The first-order valence-corrected chi connectivity index (χ1v) is 9.59. The molecule has 1 saturated heterocycles. The van der Waals surface area contributed by atoms with Gasteiger partial charge in [0.25, 0.3) is 0 Å². The molecular weight excluding hydrogens is 367 g/mol. The molecule has 1 aromatic carbocycles. The fourth-order valence-corrected chi connectivity index (χ4v) is 3.62. The van der Waals surface area contributed by atoms with Gasteiger partial charge >= 0.3 is 0 Å². The SMILES string of the molecule is Cc1cc(NC2CCCN(c3ccc(C#N)cc3F)C2)nc(-c2cccnc2)n1. The normalized spacial score (nSPS) is 16.3. The number of anilines is 2. The molecule has 1 unspecified atom stereocenters. The van der Waals surface area contributed by atoms with Crippen molar-refractivity contribution in [2.75, 3.05) is 23.3 Å². The van der Waals surface area contributed by atoms with Gasteiger partial charge in [0, 0.05) is 48.8 Å². The maximum Gasteiger partial charge on any atom is 0.163 e. The highest BCUT2D eigenvalue weighted by Gasteiger charge is 2.23. The Morgan fingerprint density at radius 3 is 2.90 bits per heavy atom. The average Bonchev–Trinajstić information content (AvgIpc) is 2.74. The second-order valence-corrected chi connectivity index (χ2v) is 7.17. The Labute approximate surface area is 169 Å². The predicted octanol–water partition coefficient (Wildman–Crippen LogP) is 3.94. The van der Waals surface area contributed by atoms with Gasteiger partial charge in [-0.25, -0.2) is 14.4 Å². The predicted molar refractivity (Wildman–Crippen MR) is 110 cm³/mol.